The average Bonchev–Trinajstić information content (AvgIpc) is 2.66. The smallest absolute Gasteiger partial charge is 0.272 e. The Kier molecular flexibility index (Phi) is 6.27. The first kappa shape index (κ1) is 21.3. The summed E-state index contributed by atoms with van der Waals surface area (Å²) in [5, 5.41) is 4.28. The fraction of sp³-hybridized carbons (Fsp3) is 0.391. The van der Waals surface area contributed by atoms with Gasteiger partial charge in [-0.2, -0.15) is 5.10 Å². The summed E-state index contributed by atoms with van der Waals surface area (Å²) in [6.45, 7) is 9.60. The molecule has 1 unspecified atom stereocenters. The van der Waals surface area contributed by atoms with Gasteiger partial charge in [-0.05, 0) is 62.4 Å². The van der Waals surface area contributed by atoms with Gasteiger partial charge in [0.25, 0.3) is 5.91 Å². The van der Waals surface area contributed by atoms with E-state index in [1.54, 1.807) is 30.3 Å². The van der Waals surface area contributed by atoms with Crippen molar-refractivity contribution >= 4 is 29.4 Å². The number of nitrogens with zero attached hydrogens (tertiary/aromatic N) is 2. The predicted molar refractivity (Wildman–Crippen MR) is 118 cm³/mol. The molecule has 2 aromatic rings. The van der Waals surface area contributed by atoms with Crippen molar-refractivity contribution in [3.05, 3.63) is 63.9 Å². The number of hydrogen-bond acceptors (Lipinski definition) is 3. The standard InChI is InChI=1S/C23H27ClFN3O/c1-5-10-28-21-12-20(25)16(11-18(21)15(2)13-23(28,3)4)14-26-27-22(29)17-8-6-7-9-19(17)24/h6-9,11-12,14-15H,5,10,13H2,1-4H3,(H,27,29)/b26-14-. The summed E-state index contributed by atoms with van der Waals surface area (Å²) in [5.41, 5.74) is 5.13. The topological polar surface area (TPSA) is 44.7 Å². The van der Waals surface area contributed by atoms with Crippen LogP contribution in [0.2, 0.25) is 5.02 Å². The molecule has 0 bridgehead atoms. The second kappa shape index (κ2) is 8.54. The molecule has 29 heavy (non-hydrogen) atoms. The number of rotatable bonds is 5. The zero-order valence-electron chi connectivity index (χ0n) is 17.3. The van der Waals surface area contributed by atoms with Gasteiger partial charge in [0.05, 0.1) is 16.8 Å². The number of anilines is 1. The maximum atomic E-state index is 14.8. The van der Waals surface area contributed by atoms with Crippen molar-refractivity contribution in [1.29, 1.82) is 0 Å². The van der Waals surface area contributed by atoms with Gasteiger partial charge in [0.2, 0.25) is 0 Å². The number of halogens is 2. The Morgan fingerprint density at radius 1 is 1.38 bits per heavy atom. The molecule has 154 valence electrons. The summed E-state index contributed by atoms with van der Waals surface area (Å²) in [4.78, 5) is 14.5. The summed E-state index contributed by atoms with van der Waals surface area (Å²) in [6, 6.07) is 10.2. The van der Waals surface area contributed by atoms with Crippen LogP contribution in [0, 0.1) is 5.82 Å². The molecular weight excluding hydrogens is 389 g/mol. The maximum Gasteiger partial charge on any atom is 0.272 e. The van der Waals surface area contributed by atoms with Crippen LogP contribution in [0.1, 0.15) is 67.9 Å². The summed E-state index contributed by atoms with van der Waals surface area (Å²) < 4.78 is 14.8. The molecule has 6 heteroatoms. The second-order valence-electron chi connectivity index (χ2n) is 8.18. The minimum atomic E-state index is -0.436. The van der Waals surface area contributed by atoms with Crippen LogP contribution < -0.4 is 10.3 Å². The molecule has 0 fully saturated rings. The third kappa shape index (κ3) is 4.45. The molecule has 0 aromatic heterocycles. The van der Waals surface area contributed by atoms with Crippen molar-refractivity contribution in [3.63, 3.8) is 0 Å². The minimum absolute atomic E-state index is 0.0204. The zero-order chi connectivity index (χ0) is 21.2. The third-order valence-electron chi connectivity index (χ3n) is 5.44. The molecule has 1 atom stereocenters. The van der Waals surface area contributed by atoms with E-state index in [1.807, 2.05) is 6.07 Å². The van der Waals surface area contributed by atoms with Crippen LogP contribution in [0.25, 0.3) is 0 Å². The lowest BCUT2D eigenvalue weighted by Crippen LogP contribution is -2.48. The van der Waals surface area contributed by atoms with Gasteiger partial charge >= 0.3 is 0 Å². The molecule has 4 nitrogen and oxygen atoms in total. The zero-order valence-corrected chi connectivity index (χ0v) is 18.1. The lowest BCUT2D eigenvalue weighted by Gasteiger charge is -2.47. The first-order valence-electron chi connectivity index (χ1n) is 9.93. The van der Waals surface area contributed by atoms with Gasteiger partial charge in [-0.3, -0.25) is 4.79 Å². The van der Waals surface area contributed by atoms with E-state index in [1.165, 1.54) is 6.21 Å². The van der Waals surface area contributed by atoms with Crippen molar-refractivity contribution < 1.29 is 9.18 Å². The van der Waals surface area contributed by atoms with Gasteiger partial charge in [-0.15, -0.1) is 0 Å². The molecule has 1 aliphatic heterocycles. The summed E-state index contributed by atoms with van der Waals surface area (Å²) in [6.07, 6.45) is 3.34. The molecule has 0 saturated heterocycles. The Hall–Kier alpha value is -2.40. The average molecular weight is 416 g/mol. The Balaban J connectivity index is 1.85. The summed E-state index contributed by atoms with van der Waals surface area (Å²) in [7, 11) is 0. The molecule has 1 N–H and O–H groups in total. The number of hydrazone groups is 1. The van der Waals surface area contributed by atoms with Gasteiger partial charge in [0.15, 0.2) is 0 Å². The van der Waals surface area contributed by atoms with Crippen molar-refractivity contribution in [2.24, 2.45) is 5.10 Å². The van der Waals surface area contributed by atoms with Gasteiger partial charge < -0.3 is 4.90 Å². The Morgan fingerprint density at radius 3 is 2.79 bits per heavy atom. The highest BCUT2D eigenvalue weighted by Gasteiger charge is 2.36. The maximum absolute atomic E-state index is 14.8. The quantitative estimate of drug-likeness (QED) is 0.499. The molecule has 1 amide bonds. The molecule has 1 heterocycles. The summed E-state index contributed by atoms with van der Waals surface area (Å²) >= 11 is 6.02. The van der Waals surface area contributed by atoms with E-state index in [4.69, 9.17) is 11.6 Å². The van der Waals surface area contributed by atoms with Crippen LogP contribution >= 0.6 is 11.6 Å². The highest BCUT2D eigenvalue weighted by atomic mass is 35.5. The van der Waals surface area contributed by atoms with Crippen LogP contribution in [0.3, 0.4) is 0 Å². The molecule has 0 aliphatic carbocycles. The van der Waals surface area contributed by atoms with E-state index in [9.17, 15) is 9.18 Å². The largest absolute Gasteiger partial charge is 0.366 e. The monoisotopic (exact) mass is 415 g/mol. The van der Waals surface area contributed by atoms with Crippen molar-refractivity contribution in [2.45, 2.75) is 52.0 Å². The van der Waals surface area contributed by atoms with Gasteiger partial charge in [-0.25, -0.2) is 9.82 Å². The number of carbonyl (C=O) groups excluding carboxylic acids is 1. The van der Waals surface area contributed by atoms with E-state index in [0.717, 1.165) is 30.6 Å². The van der Waals surface area contributed by atoms with Crippen LogP contribution in [-0.4, -0.2) is 24.2 Å². The highest BCUT2D eigenvalue weighted by molar-refractivity contribution is 6.33. The molecule has 3 rings (SSSR count). The number of hydrogen-bond donors (Lipinski definition) is 1. The van der Waals surface area contributed by atoms with Gasteiger partial charge in [0.1, 0.15) is 5.82 Å². The Bertz CT molecular complexity index is 942. The molecule has 0 saturated carbocycles. The fourth-order valence-electron chi connectivity index (χ4n) is 4.13. The molecular formula is C23H27ClFN3O. The van der Waals surface area contributed by atoms with Crippen molar-refractivity contribution in [3.8, 4) is 0 Å². The van der Waals surface area contributed by atoms with E-state index in [-0.39, 0.29) is 11.4 Å². The normalized spacial score (nSPS) is 18.0. The number of nitrogens with one attached hydrogen (secondary N) is 1. The van der Waals surface area contributed by atoms with E-state index < -0.39 is 5.91 Å². The van der Waals surface area contributed by atoms with Crippen molar-refractivity contribution in [2.75, 3.05) is 11.4 Å². The van der Waals surface area contributed by atoms with Gasteiger partial charge in [0, 0.05) is 23.3 Å². The second-order valence-corrected chi connectivity index (χ2v) is 8.59. The van der Waals surface area contributed by atoms with E-state index in [2.05, 4.69) is 43.1 Å². The van der Waals surface area contributed by atoms with Crippen LogP contribution in [0.5, 0.6) is 0 Å². The number of amides is 1. The highest BCUT2D eigenvalue weighted by Crippen LogP contribution is 2.44. The third-order valence-corrected chi connectivity index (χ3v) is 5.77. The van der Waals surface area contributed by atoms with Crippen LogP contribution in [-0.2, 0) is 0 Å². The predicted octanol–water partition coefficient (Wildman–Crippen LogP) is 5.75. The minimum Gasteiger partial charge on any atom is -0.366 e. The molecule has 0 radical (unpaired) electrons. The Labute approximate surface area is 176 Å². The lowest BCUT2D eigenvalue weighted by atomic mass is 9.79. The van der Waals surface area contributed by atoms with Crippen molar-refractivity contribution in [1.82, 2.24) is 5.43 Å². The lowest BCUT2D eigenvalue weighted by molar-refractivity contribution is 0.0955. The van der Waals surface area contributed by atoms with Crippen LogP contribution in [0.4, 0.5) is 10.1 Å². The van der Waals surface area contributed by atoms with E-state index >= 15 is 0 Å². The number of carbonyl (C=O) groups is 1. The first-order chi connectivity index (χ1) is 13.7. The van der Waals surface area contributed by atoms with E-state index in [0.29, 0.717) is 22.1 Å². The number of benzene rings is 2. The molecule has 2 aromatic carbocycles. The fourth-order valence-corrected chi connectivity index (χ4v) is 4.35. The SMILES string of the molecule is CCCN1c2cc(F)c(/C=N\NC(=O)c3ccccc3Cl)cc2C(C)CC1(C)C. The Morgan fingerprint density at radius 2 is 2.10 bits per heavy atom. The first-order valence-corrected chi connectivity index (χ1v) is 10.3. The molecule has 1 aliphatic rings. The summed E-state index contributed by atoms with van der Waals surface area (Å²) in [5.74, 6) is -0.487. The van der Waals surface area contributed by atoms with Crippen LogP contribution in [0.15, 0.2) is 41.5 Å². The molecule has 0 spiro atoms. The van der Waals surface area contributed by atoms with Gasteiger partial charge in [-0.1, -0.05) is 37.6 Å². The number of fused-ring (bicyclic) bond motifs is 1.